The van der Waals surface area contributed by atoms with Crippen LogP contribution < -0.4 is 4.72 Å². The van der Waals surface area contributed by atoms with Crippen LogP contribution in [0.25, 0.3) is 0 Å². The van der Waals surface area contributed by atoms with Crippen LogP contribution >= 0.6 is 0 Å². The van der Waals surface area contributed by atoms with Crippen LogP contribution in [0.4, 0.5) is 0 Å². The number of carbonyl (C=O) groups excluding carboxylic acids is 1. The fourth-order valence-corrected chi connectivity index (χ4v) is 2.81. The maximum absolute atomic E-state index is 12.0. The monoisotopic (exact) mass is 267 g/mol. The van der Waals surface area contributed by atoms with E-state index in [1.54, 1.807) is 12.1 Å². The first-order valence-corrected chi connectivity index (χ1v) is 6.85. The summed E-state index contributed by atoms with van der Waals surface area (Å²) in [6, 6.07) is 5.49. The second-order valence-electron chi connectivity index (χ2n) is 4.15. The van der Waals surface area contributed by atoms with Gasteiger partial charge in [0.1, 0.15) is 11.8 Å². The van der Waals surface area contributed by atoms with Crippen LogP contribution in [0.3, 0.4) is 0 Å². The molecule has 1 aromatic rings. The maximum atomic E-state index is 12.0. The topological polar surface area (TPSA) is 72.5 Å². The van der Waals surface area contributed by atoms with E-state index in [4.69, 9.17) is 4.74 Å². The molecule has 0 spiro atoms. The van der Waals surface area contributed by atoms with Crippen molar-refractivity contribution < 1.29 is 17.9 Å². The molecular formula is C12H13NO4S. The Morgan fingerprint density at radius 1 is 1.33 bits per heavy atom. The molecule has 18 heavy (non-hydrogen) atoms. The van der Waals surface area contributed by atoms with E-state index >= 15 is 0 Å². The van der Waals surface area contributed by atoms with E-state index < -0.39 is 22.0 Å². The van der Waals surface area contributed by atoms with Crippen molar-refractivity contribution in [1.82, 2.24) is 4.72 Å². The molecule has 1 fully saturated rings. The van der Waals surface area contributed by atoms with E-state index in [-0.39, 0.29) is 17.1 Å². The van der Waals surface area contributed by atoms with Gasteiger partial charge >= 0.3 is 5.97 Å². The van der Waals surface area contributed by atoms with Gasteiger partial charge in [0.25, 0.3) is 0 Å². The minimum atomic E-state index is -3.71. The van der Waals surface area contributed by atoms with Crippen LogP contribution in [-0.4, -0.2) is 20.4 Å². The average Bonchev–Trinajstić information content (AvgIpc) is 2.57. The highest BCUT2D eigenvalue weighted by Gasteiger charge is 2.33. The molecule has 0 aliphatic carbocycles. The number of esters is 1. The molecule has 1 aliphatic heterocycles. The lowest BCUT2D eigenvalue weighted by atomic mass is 10.2. The number of sulfonamides is 1. The Labute approximate surface area is 106 Å². The van der Waals surface area contributed by atoms with Gasteiger partial charge in [0.15, 0.2) is 0 Å². The van der Waals surface area contributed by atoms with Crippen molar-refractivity contribution in [2.75, 3.05) is 0 Å². The minimum Gasteiger partial charge on any atom is -0.430 e. The van der Waals surface area contributed by atoms with Crippen LogP contribution in [0.1, 0.15) is 12.0 Å². The molecule has 1 heterocycles. The van der Waals surface area contributed by atoms with Crippen molar-refractivity contribution in [1.29, 1.82) is 0 Å². The number of cyclic esters (lactones) is 1. The van der Waals surface area contributed by atoms with Gasteiger partial charge in [0.05, 0.1) is 4.90 Å². The van der Waals surface area contributed by atoms with Gasteiger partial charge in [-0.25, -0.2) is 13.2 Å². The van der Waals surface area contributed by atoms with Gasteiger partial charge in [0.2, 0.25) is 10.0 Å². The van der Waals surface area contributed by atoms with Crippen LogP contribution in [0, 0.1) is 6.92 Å². The van der Waals surface area contributed by atoms with Gasteiger partial charge in [-0.3, -0.25) is 0 Å². The largest absolute Gasteiger partial charge is 0.430 e. The Morgan fingerprint density at radius 2 is 1.94 bits per heavy atom. The molecule has 0 amide bonds. The lowest BCUT2D eigenvalue weighted by Crippen LogP contribution is -2.37. The summed E-state index contributed by atoms with van der Waals surface area (Å²) in [5.74, 6) is -0.340. The van der Waals surface area contributed by atoms with Gasteiger partial charge in [-0.1, -0.05) is 24.3 Å². The van der Waals surface area contributed by atoms with Gasteiger partial charge in [0, 0.05) is 6.42 Å². The van der Waals surface area contributed by atoms with Crippen LogP contribution in [0.15, 0.2) is 41.5 Å². The first-order chi connectivity index (χ1) is 8.38. The number of hydrogen-bond donors (Lipinski definition) is 1. The number of ether oxygens (including phenoxy) is 1. The molecule has 5 nitrogen and oxygen atoms in total. The van der Waals surface area contributed by atoms with Crippen molar-refractivity contribution in [3.05, 3.63) is 42.2 Å². The molecule has 6 heteroatoms. The minimum absolute atomic E-state index is 0.124. The van der Waals surface area contributed by atoms with Crippen molar-refractivity contribution >= 4 is 16.0 Å². The number of hydrogen-bond acceptors (Lipinski definition) is 4. The Hall–Kier alpha value is -1.66. The maximum Gasteiger partial charge on any atom is 0.329 e. The molecule has 0 unspecified atom stereocenters. The quantitative estimate of drug-likeness (QED) is 0.832. The molecule has 96 valence electrons. The summed E-state index contributed by atoms with van der Waals surface area (Å²) in [5, 5.41) is 0. The lowest BCUT2D eigenvalue weighted by molar-refractivity contribution is -0.136. The Kier molecular flexibility index (Phi) is 3.23. The summed E-state index contributed by atoms with van der Waals surface area (Å²) in [4.78, 5) is 11.5. The predicted molar refractivity (Wildman–Crippen MR) is 65.1 cm³/mol. The standard InChI is InChI=1S/C12H13NO4S/c1-8-3-5-10(6-4-8)18(15,16)13-11-7-9(2)17-12(11)14/h3-6,11,13H,2,7H2,1H3/t11-/m0/s1. The molecule has 1 N–H and O–H groups in total. The summed E-state index contributed by atoms with van der Waals surface area (Å²) < 4.78 is 31.0. The van der Waals surface area contributed by atoms with Gasteiger partial charge in [-0.05, 0) is 19.1 Å². The second-order valence-corrected chi connectivity index (χ2v) is 5.86. The zero-order valence-electron chi connectivity index (χ0n) is 9.84. The van der Waals surface area contributed by atoms with E-state index in [9.17, 15) is 13.2 Å². The Bertz CT molecular complexity index is 589. The second kappa shape index (κ2) is 4.55. The zero-order valence-corrected chi connectivity index (χ0v) is 10.7. The predicted octanol–water partition coefficient (Wildman–Crippen LogP) is 1.10. The molecule has 2 rings (SSSR count). The van der Waals surface area contributed by atoms with Crippen LogP contribution in [0.2, 0.25) is 0 Å². The Morgan fingerprint density at radius 3 is 2.44 bits per heavy atom. The summed E-state index contributed by atoms with van der Waals surface area (Å²) in [7, 11) is -3.71. The molecular weight excluding hydrogens is 254 g/mol. The van der Waals surface area contributed by atoms with E-state index in [0.29, 0.717) is 0 Å². The zero-order chi connectivity index (χ0) is 13.3. The van der Waals surface area contributed by atoms with Gasteiger partial charge < -0.3 is 4.74 Å². The third-order valence-corrected chi connectivity index (χ3v) is 4.08. The summed E-state index contributed by atoms with van der Waals surface area (Å²) in [6.07, 6.45) is 0.171. The third-order valence-electron chi connectivity index (χ3n) is 2.59. The first-order valence-electron chi connectivity index (χ1n) is 5.37. The highest BCUT2D eigenvalue weighted by molar-refractivity contribution is 7.89. The number of rotatable bonds is 3. The number of nitrogens with one attached hydrogen (secondary N) is 1. The fraction of sp³-hybridized carbons (Fsp3) is 0.250. The highest BCUT2D eigenvalue weighted by atomic mass is 32.2. The molecule has 1 aromatic carbocycles. The molecule has 0 radical (unpaired) electrons. The van der Waals surface area contributed by atoms with Crippen molar-refractivity contribution in [2.45, 2.75) is 24.3 Å². The average molecular weight is 267 g/mol. The van der Waals surface area contributed by atoms with Crippen molar-refractivity contribution in [2.24, 2.45) is 0 Å². The normalized spacial score (nSPS) is 19.9. The molecule has 0 bridgehead atoms. The SMILES string of the molecule is C=C1C[C@H](NS(=O)(=O)c2ccc(C)cc2)C(=O)O1. The van der Waals surface area contributed by atoms with E-state index in [2.05, 4.69) is 11.3 Å². The smallest absolute Gasteiger partial charge is 0.329 e. The molecule has 1 atom stereocenters. The summed E-state index contributed by atoms with van der Waals surface area (Å²) in [5.41, 5.74) is 0.961. The molecule has 0 aromatic heterocycles. The number of benzene rings is 1. The molecule has 1 aliphatic rings. The van der Waals surface area contributed by atoms with Gasteiger partial charge in [-0.2, -0.15) is 4.72 Å². The summed E-state index contributed by atoms with van der Waals surface area (Å²) in [6.45, 7) is 5.35. The first kappa shape index (κ1) is 12.8. The number of carbonyl (C=O) groups is 1. The molecule has 1 saturated heterocycles. The highest BCUT2D eigenvalue weighted by Crippen LogP contribution is 2.19. The lowest BCUT2D eigenvalue weighted by Gasteiger charge is -2.09. The van der Waals surface area contributed by atoms with Crippen molar-refractivity contribution in [3.63, 3.8) is 0 Å². The Balaban J connectivity index is 2.20. The third kappa shape index (κ3) is 2.60. The number of aryl methyl sites for hydroxylation is 1. The molecule has 0 saturated carbocycles. The van der Waals surface area contributed by atoms with E-state index in [0.717, 1.165) is 5.56 Å². The fourth-order valence-electron chi connectivity index (χ4n) is 1.63. The van der Waals surface area contributed by atoms with Crippen LogP contribution in [0.5, 0.6) is 0 Å². The summed E-state index contributed by atoms with van der Waals surface area (Å²) >= 11 is 0. The van der Waals surface area contributed by atoms with Crippen LogP contribution in [-0.2, 0) is 19.6 Å². The van der Waals surface area contributed by atoms with Gasteiger partial charge in [-0.15, -0.1) is 0 Å². The van der Waals surface area contributed by atoms with E-state index in [1.807, 2.05) is 6.92 Å². The van der Waals surface area contributed by atoms with Crippen molar-refractivity contribution in [3.8, 4) is 0 Å². The van der Waals surface area contributed by atoms with E-state index in [1.165, 1.54) is 12.1 Å².